The number of rotatable bonds is 6. The molecule has 0 aliphatic heterocycles. The summed E-state index contributed by atoms with van der Waals surface area (Å²) >= 11 is 0. The number of ether oxygens (including phenoxy) is 1. The van der Waals surface area contributed by atoms with Crippen LogP contribution in [0.3, 0.4) is 0 Å². The summed E-state index contributed by atoms with van der Waals surface area (Å²) in [5.41, 5.74) is 0.344. The second-order valence-corrected chi connectivity index (χ2v) is 8.93. The van der Waals surface area contributed by atoms with E-state index in [0.29, 0.717) is 6.42 Å². The fourth-order valence-electron chi connectivity index (χ4n) is 3.06. The lowest BCUT2D eigenvalue weighted by Crippen LogP contribution is -2.39. The van der Waals surface area contributed by atoms with Crippen LogP contribution in [0.5, 0.6) is 0 Å². The van der Waals surface area contributed by atoms with Gasteiger partial charge in [0, 0.05) is 11.6 Å². The first-order valence-corrected chi connectivity index (χ1v) is 10.3. The Kier molecular flexibility index (Phi) is 9.66. The maximum Gasteiger partial charge on any atom is 0.331 e. The van der Waals surface area contributed by atoms with E-state index in [1.165, 1.54) is 30.7 Å². The van der Waals surface area contributed by atoms with Gasteiger partial charge in [0.1, 0.15) is 5.60 Å². The van der Waals surface area contributed by atoms with E-state index in [0.717, 1.165) is 18.4 Å². The van der Waals surface area contributed by atoms with Crippen molar-refractivity contribution < 1.29 is 24.5 Å². The molecule has 0 fully saturated rings. The summed E-state index contributed by atoms with van der Waals surface area (Å²) < 4.78 is 5.52. The Balaban J connectivity index is 3.38. The topological polar surface area (TPSA) is 83.8 Å². The van der Waals surface area contributed by atoms with Crippen LogP contribution in [0.4, 0.5) is 0 Å². The summed E-state index contributed by atoms with van der Waals surface area (Å²) in [7, 11) is 0. The quantitative estimate of drug-likeness (QED) is 0.382. The van der Waals surface area contributed by atoms with Gasteiger partial charge in [-0.3, -0.25) is 4.79 Å². The fourth-order valence-corrected chi connectivity index (χ4v) is 3.06. The number of hydrogen-bond acceptors (Lipinski definition) is 5. The van der Waals surface area contributed by atoms with Gasteiger partial charge in [0.25, 0.3) is 0 Å². The van der Waals surface area contributed by atoms with Gasteiger partial charge in [0.2, 0.25) is 0 Å². The molecule has 30 heavy (non-hydrogen) atoms. The number of carbonyl (C=O) groups is 2. The van der Waals surface area contributed by atoms with Crippen LogP contribution in [0.15, 0.2) is 59.3 Å². The minimum atomic E-state index is -1.59. The number of carbonyl (C=O) groups excluding carboxylic acids is 2. The van der Waals surface area contributed by atoms with Gasteiger partial charge in [-0.2, -0.15) is 0 Å². The molecule has 5 heteroatoms. The molecule has 0 unspecified atom stereocenters. The number of esters is 1. The van der Waals surface area contributed by atoms with E-state index in [-0.39, 0.29) is 23.4 Å². The number of ketones is 1. The maximum atomic E-state index is 12.5. The number of aliphatic hydroxyl groups is 2. The Morgan fingerprint density at radius 3 is 2.43 bits per heavy atom. The van der Waals surface area contributed by atoms with Gasteiger partial charge in [-0.1, -0.05) is 36.3 Å². The first-order chi connectivity index (χ1) is 13.9. The van der Waals surface area contributed by atoms with Crippen LogP contribution < -0.4 is 0 Å². The van der Waals surface area contributed by atoms with Crippen molar-refractivity contribution in [2.75, 3.05) is 6.61 Å². The first kappa shape index (κ1) is 25.8. The normalized spacial score (nSPS) is 30.9. The molecule has 2 N–H and O–H groups in total. The second kappa shape index (κ2) is 11.2. The van der Waals surface area contributed by atoms with Crippen molar-refractivity contribution in [3.05, 3.63) is 59.3 Å². The molecular formula is C25H36O5. The van der Waals surface area contributed by atoms with Crippen LogP contribution in [-0.4, -0.2) is 40.3 Å². The zero-order valence-electron chi connectivity index (χ0n) is 19.1. The van der Waals surface area contributed by atoms with Gasteiger partial charge in [-0.25, -0.2) is 4.79 Å². The van der Waals surface area contributed by atoms with E-state index < -0.39 is 17.7 Å². The predicted octanol–water partition coefficient (Wildman–Crippen LogP) is 4.37. The molecule has 0 aromatic rings. The minimum Gasteiger partial charge on any atom is -0.452 e. The lowest BCUT2D eigenvalue weighted by molar-refractivity contribution is -0.148. The monoisotopic (exact) mass is 416 g/mol. The molecule has 0 amide bonds. The molecule has 1 rings (SSSR count). The van der Waals surface area contributed by atoms with Gasteiger partial charge in [-0.15, -0.1) is 0 Å². The van der Waals surface area contributed by atoms with E-state index in [4.69, 9.17) is 4.74 Å². The summed E-state index contributed by atoms with van der Waals surface area (Å²) in [6.07, 6.45) is 12.7. The van der Waals surface area contributed by atoms with Crippen LogP contribution in [0, 0.1) is 5.41 Å². The molecule has 0 saturated carbocycles. The first-order valence-electron chi connectivity index (χ1n) is 10.3. The van der Waals surface area contributed by atoms with Crippen LogP contribution in [0.2, 0.25) is 0 Å². The molecule has 0 spiro atoms. The van der Waals surface area contributed by atoms with Crippen LogP contribution >= 0.6 is 0 Å². The molecule has 0 radical (unpaired) electrons. The maximum absolute atomic E-state index is 12.5. The average Bonchev–Trinajstić information content (AvgIpc) is 2.63. The standard InChI is InChI=1S/C25H36O5/c1-18(2)8-7-12-24(5)13-9-20(17-26)21(27)10-15-25(6,29)22(11-14-24)30-23(28)16-19(3)4/h8-11,14-16,22,26,29H,7,12-13,17H2,1-6H3/b14-11+,15-10+,20-9-/t22-,24-,25-/m1/s1. The highest BCUT2D eigenvalue weighted by atomic mass is 16.6. The Morgan fingerprint density at radius 2 is 1.87 bits per heavy atom. The van der Waals surface area contributed by atoms with E-state index in [2.05, 4.69) is 6.08 Å². The van der Waals surface area contributed by atoms with Crippen molar-refractivity contribution in [2.24, 2.45) is 5.41 Å². The summed E-state index contributed by atoms with van der Waals surface area (Å²) in [5.74, 6) is -0.930. The molecule has 5 nitrogen and oxygen atoms in total. The van der Waals surface area contributed by atoms with E-state index >= 15 is 0 Å². The summed E-state index contributed by atoms with van der Waals surface area (Å²) in [4.78, 5) is 24.7. The largest absolute Gasteiger partial charge is 0.452 e. The third kappa shape index (κ3) is 8.64. The molecule has 3 atom stereocenters. The van der Waals surface area contributed by atoms with E-state index in [1.54, 1.807) is 26.0 Å². The molecule has 0 bridgehead atoms. The zero-order valence-corrected chi connectivity index (χ0v) is 19.1. The molecule has 1 aliphatic rings. The smallest absolute Gasteiger partial charge is 0.331 e. The average molecular weight is 417 g/mol. The molecule has 0 heterocycles. The Bertz CT molecular complexity index is 771. The van der Waals surface area contributed by atoms with Crippen molar-refractivity contribution in [1.82, 2.24) is 0 Å². The molecule has 0 aromatic heterocycles. The highest BCUT2D eigenvalue weighted by molar-refractivity contribution is 6.04. The minimum absolute atomic E-state index is 0.281. The number of allylic oxidation sites excluding steroid dienone is 6. The highest BCUT2D eigenvalue weighted by Gasteiger charge is 2.32. The lowest BCUT2D eigenvalue weighted by Gasteiger charge is -2.29. The van der Waals surface area contributed by atoms with Crippen LogP contribution in [-0.2, 0) is 14.3 Å². The Morgan fingerprint density at radius 1 is 1.20 bits per heavy atom. The summed E-state index contributed by atoms with van der Waals surface area (Å²) in [5, 5.41) is 20.6. The summed E-state index contributed by atoms with van der Waals surface area (Å²) in [6.45, 7) is 10.8. The van der Waals surface area contributed by atoms with Crippen LogP contribution in [0.1, 0.15) is 60.8 Å². The fraction of sp³-hybridized carbons (Fsp3) is 0.520. The van der Waals surface area contributed by atoms with Crippen molar-refractivity contribution >= 4 is 11.8 Å². The van der Waals surface area contributed by atoms with E-state index in [9.17, 15) is 19.8 Å². The van der Waals surface area contributed by atoms with Crippen molar-refractivity contribution in [3.8, 4) is 0 Å². The van der Waals surface area contributed by atoms with Gasteiger partial charge in [0.05, 0.1) is 6.61 Å². The molecular weight excluding hydrogens is 380 g/mol. The van der Waals surface area contributed by atoms with Gasteiger partial charge >= 0.3 is 5.97 Å². The zero-order chi connectivity index (χ0) is 22.9. The molecule has 1 aliphatic carbocycles. The number of hydrogen-bond donors (Lipinski definition) is 2. The Hall–Kier alpha value is -2.24. The lowest BCUT2D eigenvalue weighted by atomic mass is 9.80. The number of aliphatic hydroxyl groups excluding tert-OH is 1. The summed E-state index contributed by atoms with van der Waals surface area (Å²) in [6, 6.07) is 0. The third-order valence-electron chi connectivity index (χ3n) is 5.04. The predicted molar refractivity (Wildman–Crippen MR) is 120 cm³/mol. The van der Waals surface area contributed by atoms with Gasteiger partial charge in [-0.05, 0) is 77.5 Å². The highest BCUT2D eigenvalue weighted by Crippen LogP contribution is 2.33. The van der Waals surface area contributed by atoms with Crippen molar-refractivity contribution in [1.29, 1.82) is 0 Å². The second-order valence-electron chi connectivity index (χ2n) is 8.93. The van der Waals surface area contributed by atoms with Gasteiger partial charge in [0.15, 0.2) is 11.9 Å². The molecule has 166 valence electrons. The SMILES string of the molecule is CC(C)=CCC[C@@]1(C)/C=C/[C@@H](OC(=O)C=C(C)C)[C@](C)(O)/C=C/C(=O)/C(CO)=C\C1. The molecule has 0 aromatic carbocycles. The van der Waals surface area contributed by atoms with Crippen molar-refractivity contribution in [3.63, 3.8) is 0 Å². The third-order valence-corrected chi connectivity index (χ3v) is 5.04. The van der Waals surface area contributed by atoms with Gasteiger partial charge < -0.3 is 14.9 Å². The van der Waals surface area contributed by atoms with Crippen molar-refractivity contribution in [2.45, 2.75) is 72.5 Å². The molecule has 0 saturated heterocycles. The van der Waals surface area contributed by atoms with Crippen LogP contribution in [0.25, 0.3) is 0 Å². The van der Waals surface area contributed by atoms with E-state index in [1.807, 2.05) is 26.8 Å². The Labute approximate surface area is 180 Å².